The first-order chi connectivity index (χ1) is 7.93. The van der Waals surface area contributed by atoms with Gasteiger partial charge in [0.25, 0.3) is 10.0 Å². The first-order valence-corrected chi connectivity index (χ1v) is 6.68. The van der Waals surface area contributed by atoms with Crippen molar-refractivity contribution in [3.63, 3.8) is 0 Å². The Bertz CT molecular complexity index is 453. The van der Waals surface area contributed by atoms with E-state index in [2.05, 4.69) is 20.2 Å². The zero-order valence-corrected chi connectivity index (χ0v) is 10.5. The summed E-state index contributed by atoms with van der Waals surface area (Å²) in [6.07, 6.45) is 1.36. The van der Waals surface area contributed by atoms with Crippen LogP contribution in [0, 0.1) is 5.92 Å². The molecule has 0 aliphatic carbocycles. The van der Waals surface area contributed by atoms with Crippen molar-refractivity contribution in [1.29, 1.82) is 0 Å². The molecule has 0 aliphatic rings. The number of amides is 1. The van der Waals surface area contributed by atoms with Gasteiger partial charge in [-0.15, -0.1) is 0 Å². The molecule has 1 aromatic heterocycles. The number of hydrogen-bond acceptors (Lipinski definition) is 4. The predicted molar refractivity (Wildman–Crippen MR) is 61.6 cm³/mol. The first-order valence-electron chi connectivity index (χ1n) is 5.20. The fraction of sp³-hybridized carbons (Fsp3) is 0.556. The molecule has 1 rings (SSSR count). The lowest BCUT2D eigenvalue weighted by Crippen LogP contribution is -2.36. The monoisotopic (exact) mass is 260 g/mol. The highest BCUT2D eigenvalue weighted by Gasteiger charge is 2.14. The van der Waals surface area contributed by atoms with Crippen LogP contribution < -0.4 is 10.0 Å². The van der Waals surface area contributed by atoms with E-state index in [1.165, 1.54) is 12.3 Å². The van der Waals surface area contributed by atoms with E-state index in [9.17, 15) is 13.2 Å². The average molecular weight is 260 g/mol. The maximum atomic E-state index is 11.6. The summed E-state index contributed by atoms with van der Waals surface area (Å²) in [7, 11) is -3.55. The number of rotatable bonds is 6. The highest BCUT2D eigenvalue weighted by atomic mass is 32.2. The van der Waals surface area contributed by atoms with Gasteiger partial charge in [0.2, 0.25) is 5.91 Å². The largest absolute Gasteiger partial charge is 0.355 e. The van der Waals surface area contributed by atoms with Gasteiger partial charge < -0.3 is 5.32 Å². The summed E-state index contributed by atoms with van der Waals surface area (Å²) in [5.41, 5.74) is 0. The average Bonchev–Trinajstić information content (AvgIpc) is 2.77. The molecule has 0 aromatic carbocycles. The molecule has 1 heterocycles. The lowest BCUT2D eigenvalue weighted by molar-refractivity contribution is -0.123. The molecule has 0 spiro atoms. The SMILES string of the molecule is CC(C)C(=O)NCCNS(=O)(=O)c1ccn[nH]1. The maximum absolute atomic E-state index is 11.6. The third-order valence-electron chi connectivity index (χ3n) is 2.01. The summed E-state index contributed by atoms with van der Waals surface area (Å²) < 4.78 is 25.5. The van der Waals surface area contributed by atoms with E-state index < -0.39 is 10.0 Å². The quantitative estimate of drug-likeness (QED) is 0.597. The van der Waals surface area contributed by atoms with Crippen molar-refractivity contribution in [3.8, 4) is 0 Å². The second-order valence-corrected chi connectivity index (χ2v) is 5.50. The summed E-state index contributed by atoms with van der Waals surface area (Å²) in [6, 6.07) is 1.36. The molecule has 0 bridgehead atoms. The van der Waals surface area contributed by atoms with Gasteiger partial charge >= 0.3 is 0 Å². The first kappa shape index (κ1) is 13.7. The van der Waals surface area contributed by atoms with Crippen molar-refractivity contribution in [2.45, 2.75) is 18.9 Å². The van der Waals surface area contributed by atoms with Crippen LogP contribution in [0.25, 0.3) is 0 Å². The molecular weight excluding hydrogens is 244 g/mol. The van der Waals surface area contributed by atoms with Crippen LogP contribution in [0.2, 0.25) is 0 Å². The van der Waals surface area contributed by atoms with Crippen LogP contribution in [-0.4, -0.2) is 37.6 Å². The molecule has 0 fully saturated rings. The zero-order chi connectivity index (χ0) is 12.9. The van der Waals surface area contributed by atoms with E-state index in [4.69, 9.17) is 0 Å². The van der Waals surface area contributed by atoms with Crippen LogP contribution in [0.15, 0.2) is 17.3 Å². The Labute approximate surface area is 100 Å². The molecule has 96 valence electrons. The van der Waals surface area contributed by atoms with Crippen molar-refractivity contribution in [1.82, 2.24) is 20.2 Å². The third-order valence-corrected chi connectivity index (χ3v) is 3.40. The van der Waals surface area contributed by atoms with Gasteiger partial charge in [0, 0.05) is 19.0 Å². The summed E-state index contributed by atoms with van der Waals surface area (Å²) >= 11 is 0. The normalized spacial score (nSPS) is 11.7. The van der Waals surface area contributed by atoms with Crippen molar-refractivity contribution in [2.24, 2.45) is 5.92 Å². The van der Waals surface area contributed by atoms with E-state index >= 15 is 0 Å². The fourth-order valence-corrected chi connectivity index (χ4v) is 1.98. The van der Waals surface area contributed by atoms with E-state index in [1.807, 2.05) is 0 Å². The van der Waals surface area contributed by atoms with Crippen molar-refractivity contribution >= 4 is 15.9 Å². The van der Waals surface area contributed by atoms with Crippen LogP contribution >= 0.6 is 0 Å². The van der Waals surface area contributed by atoms with Gasteiger partial charge in [-0.25, -0.2) is 13.1 Å². The molecule has 1 amide bonds. The number of hydrogen-bond donors (Lipinski definition) is 3. The lowest BCUT2D eigenvalue weighted by atomic mass is 10.2. The van der Waals surface area contributed by atoms with E-state index in [-0.39, 0.29) is 29.9 Å². The second kappa shape index (κ2) is 5.78. The van der Waals surface area contributed by atoms with E-state index in [0.29, 0.717) is 0 Å². The van der Waals surface area contributed by atoms with E-state index in [0.717, 1.165) is 0 Å². The van der Waals surface area contributed by atoms with Gasteiger partial charge in [-0.3, -0.25) is 9.89 Å². The van der Waals surface area contributed by atoms with Gasteiger partial charge in [-0.2, -0.15) is 5.10 Å². The third kappa shape index (κ3) is 4.16. The Morgan fingerprint density at radius 3 is 2.71 bits per heavy atom. The Kier molecular flexibility index (Phi) is 4.64. The minimum atomic E-state index is -3.55. The van der Waals surface area contributed by atoms with Crippen LogP contribution in [0.1, 0.15) is 13.8 Å². The molecule has 0 saturated heterocycles. The minimum Gasteiger partial charge on any atom is -0.355 e. The van der Waals surface area contributed by atoms with Gasteiger partial charge in [0.1, 0.15) is 0 Å². The molecule has 0 aliphatic heterocycles. The van der Waals surface area contributed by atoms with Gasteiger partial charge in [-0.1, -0.05) is 13.8 Å². The molecule has 17 heavy (non-hydrogen) atoms. The Balaban J connectivity index is 2.35. The molecule has 0 saturated carbocycles. The molecule has 0 unspecified atom stereocenters. The summed E-state index contributed by atoms with van der Waals surface area (Å²) in [4.78, 5) is 11.2. The molecular formula is C9H16N4O3S. The van der Waals surface area contributed by atoms with Crippen LogP contribution in [0.5, 0.6) is 0 Å². The number of H-pyrrole nitrogens is 1. The zero-order valence-electron chi connectivity index (χ0n) is 9.73. The van der Waals surface area contributed by atoms with Gasteiger partial charge in [0.15, 0.2) is 5.03 Å². The number of aromatic nitrogens is 2. The van der Waals surface area contributed by atoms with Crippen molar-refractivity contribution < 1.29 is 13.2 Å². The topological polar surface area (TPSA) is 104 Å². The number of nitrogens with zero attached hydrogens (tertiary/aromatic N) is 1. The molecule has 8 heteroatoms. The van der Waals surface area contributed by atoms with E-state index in [1.54, 1.807) is 13.8 Å². The molecule has 3 N–H and O–H groups in total. The predicted octanol–water partition coefficient (Wildman–Crippen LogP) is -0.540. The molecule has 0 radical (unpaired) electrons. The molecule has 1 aromatic rings. The number of carbonyl (C=O) groups is 1. The Hall–Kier alpha value is -1.41. The lowest BCUT2D eigenvalue weighted by Gasteiger charge is -2.08. The highest BCUT2D eigenvalue weighted by Crippen LogP contribution is 2.00. The highest BCUT2D eigenvalue weighted by molar-refractivity contribution is 7.89. The summed E-state index contributed by atoms with van der Waals surface area (Å²) in [5.74, 6) is -0.218. The minimum absolute atomic E-state index is 0.00712. The summed E-state index contributed by atoms with van der Waals surface area (Å²) in [5, 5.41) is 8.53. The maximum Gasteiger partial charge on any atom is 0.257 e. The number of aromatic amines is 1. The standard InChI is InChI=1S/C9H16N4O3S/c1-7(2)9(14)10-5-6-12-17(15,16)8-3-4-11-13-8/h3-4,7,12H,5-6H2,1-2H3,(H,10,14)(H,11,13). The van der Waals surface area contributed by atoms with Crippen LogP contribution in [0.4, 0.5) is 0 Å². The van der Waals surface area contributed by atoms with Gasteiger partial charge in [-0.05, 0) is 6.07 Å². The van der Waals surface area contributed by atoms with Gasteiger partial charge in [0.05, 0.1) is 6.20 Å². The van der Waals surface area contributed by atoms with Crippen LogP contribution in [-0.2, 0) is 14.8 Å². The van der Waals surface area contributed by atoms with Crippen LogP contribution in [0.3, 0.4) is 0 Å². The Morgan fingerprint density at radius 1 is 1.47 bits per heavy atom. The molecule has 0 atom stereocenters. The Morgan fingerprint density at radius 2 is 2.18 bits per heavy atom. The van der Waals surface area contributed by atoms with Crippen molar-refractivity contribution in [3.05, 3.63) is 12.3 Å². The molecule has 7 nitrogen and oxygen atoms in total. The smallest absolute Gasteiger partial charge is 0.257 e. The number of nitrogens with one attached hydrogen (secondary N) is 3. The second-order valence-electron chi connectivity index (χ2n) is 3.76. The number of carbonyl (C=O) groups excluding carboxylic acids is 1. The van der Waals surface area contributed by atoms with Crippen molar-refractivity contribution in [2.75, 3.05) is 13.1 Å². The number of sulfonamides is 1. The summed E-state index contributed by atoms with van der Waals surface area (Å²) in [6.45, 7) is 3.93. The fourth-order valence-electron chi connectivity index (χ4n) is 1.05.